The van der Waals surface area contributed by atoms with Gasteiger partial charge in [0.05, 0.1) is 12.7 Å². The molecule has 114 valence electrons. The van der Waals surface area contributed by atoms with Crippen LogP contribution in [0, 0.1) is 0 Å². The summed E-state index contributed by atoms with van der Waals surface area (Å²) in [5, 5.41) is 0.875. The molecule has 0 aliphatic heterocycles. The minimum absolute atomic E-state index is 0.0417. The minimum atomic E-state index is -0.367. The SMILES string of the molecule is COc1ccc2ccc(=O)oc2c1CC(Br)C(C)(C)OC. The van der Waals surface area contributed by atoms with Gasteiger partial charge in [0.1, 0.15) is 11.3 Å². The number of rotatable bonds is 5. The molecule has 1 heterocycles. The van der Waals surface area contributed by atoms with Crippen molar-refractivity contribution in [2.45, 2.75) is 30.7 Å². The number of fused-ring (bicyclic) bond motifs is 1. The smallest absolute Gasteiger partial charge is 0.336 e. The molecule has 0 aliphatic rings. The van der Waals surface area contributed by atoms with Gasteiger partial charge in [0.25, 0.3) is 0 Å². The highest BCUT2D eigenvalue weighted by Gasteiger charge is 2.29. The molecule has 5 heteroatoms. The molecule has 1 unspecified atom stereocenters. The number of ether oxygens (including phenoxy) is 2. The minimum Gasteiger partial charge on any atom is -0.496 e. The first kappa shape index (κ1) is 16.0. The van der Waals surface area contributed by atoms with Crippen LogP contribution in [0.1, 0.15) is 19.4 Å². The Kier molecular flexibility index (Phi) is 4.74. The maximum atomic E-state index is 11.5. The van der Waals surface area contributed by atoms with Gasteiger partial charge in [-0.05, 0) is 38.5 Å². The Morgan fingerprint density at radius 3 is 2.52 bits per heavy atom. The van der Waals surface area contributed by atoms with Gasteiger partial charge in [-0.3, -0.25) is 0 Å². The van der Waals surface area contributed by atoms with Gasteiger partial charge in [-0.2, -0.15) is 0 Å². The van der Waals surface area contributed by atoms with E-state index in [1.165, 1.54) is 6.07 Å². The lowest BCUT2D eigenvalue weighted by Crippen LogP contribution is -2.35. The molecule has 1 atom stereocenters. The molecule has 0 bridgehead atoms. The van der Waals surface area contributed by atoms with E-state index in [9.17, 15) is 4.79 Å². The molecule has 0 spiro atoms. The normalized spacial score (nSPS) is 13.4. The first-order valence-electron chi connectivity index (χ1n) is 6.68. The predicted octanol–water partition coefficient (Wildman–Crippen LogP) is 3.53. The summed E-state index contributed by atoms with van der Waals surface area (Å²) >= 11 is 3.66. The Balaban J connectivity index is 2.55. The highest BCUT2D eigenvalue weighted by atomic mass is 79.9. The van der Waals surface area contributed by atoms with Gasteiger partial charge in [-0.1, -0.05) is 15.9 Å². The van der Waals surface area contributed by atoms with Gasteiger partial charge in [0.2, 0.25) is 0 Å². The van der Waals surface area contributed by atoms with Crippen molar-refractivity contribution < 1.29 is 13.9 Å². The Morgan fingerprint density at radius 1 is 1.24 bits per heavy atom. The van der Waals surface area contributed by atoms with E-state index in [1.807, 2.05) is 26.0 Å². The number of halogens is 1. The van der Waals surface area contributed by atoms with Gasteiger partial charge >= 0.3 is 5.63 Å². The van der Waals surface area contributed by atoms with E-state index < -0.39 is 0 Å². The number of alkyl halides is 1. The Labute approximate surface area is 132 Å². The Hall–Kier alpha value is -1.33. The fourth-order valence-electron chi connectivity index (χ4n) is 2.11. The molecular formula is C16H19BrO4. The van der Waals surface area contributed by atoms with Gasteiger partial charge in [0, 0.05) is 29.0 Å². The summed E-state index contributed by atoms with van der Waals surface area (Å²) in [5.74, 6) is 0.702. The van der Waals surface area contributed by atoms with Gasteiger partial charge in [-0.15, -0.1) is 0 Å². The highest BCUT2D eigenvalue weighted by Crippen LogP contribution is 2.33. The number of hydrogen-bond donors (Lipinski definition) is 0. The largest absolute Gasteiger partial charge is 0.496 e. The molecule has 0 saturated carbocycles. The van der Waals surface area contributed by atoms with Gasteiger partial charge < -0.3 is 13.9 Å². The summed E-state index contributed by atoms with van der Waals surface area (Å²) in [6.45, 7) is 4.00. The molecule has 21 heavy (non-hydrogen) atoms. The van der Waals surface area contributed by atoms with Crippen molar-refractivity contribution in [2.24, 2.45) is 0 Å². The molecule has 0 fully saturated rings. The zero-order valence-corrected chi connectivity index (χ0v) is 14.2. The van der Waals surface area contributed by atoms with Crippen LogP contribution in [0.5, 0.6) is 5.75 Å². The number of benzene rings is 1. The van der Waals surface area contributed by atoms with Crippen LogP contribution in [0.2, 0.25) is 0 Å². The van der Waals surface area contributed by atoms with E-state index in [-0.39, 0.29) is 16.1 Å². The number of methoxy groups -OCH3 is 2. The summed E-state index contributed by atoms with van der Waals surface area (Å²) in [7, 11) is 3.28. The summed E-state index contributed by atoms with van der Waals surface area (Å²) < 4.78 is 16.3. The lowest BCUT2D eigenvalue weighted by molar-refractivity contribution is 0.0225. The lowest BCUT2D eigenvalue weighted by atomic mass is 9.96. The summed E-state index contributed by atoms with van der Waals surface area (Å²) in [5.41, 5.74) is 0.703. The van der Waals surface area contributed by atoms with Crippen molar-refractivity contribution in [3.63, 3.8) is 0 Å². The van der Waals surface area contributed by atoms with Crippen molar-refractivity contribution in [3.8, 4) is 5.75 Å². The van der Waals surface area contributed by atoms with Crippen LogP contribution in [0.15, 0.2) is 33.5 Å². The average molecular weight is 355 g/mol. The van der Waals surface area contributed by atoms with Crippen LogP contribution >= 0.6 is 15.9 Å². The highest BCUT2D eigenvalue weighted by molar-refractivity contribution is 9.09. The van der Waals surface area contributed by atoms with Gasteiger partial charge in [0.15, 0.2) is 0 Å². The van der Waals surface area contributed by atoms with Crippen molar-refractivity contribution >= 4 is 26.9 Å². The summed E-state index contributed by atoms with van der Waals surface area (Å²) in [6.07, 6.45) is 0.619. The van der Waals surface area contributed by atoms with Crippen LogP contribution in [0.3, 0.4) is 0 Å². The second-order valence-corrected chi connectivity index (χ2v) is 6.50. The summed E-state index contributed by atoms with van der Waals surface area (Å²) in [6, 6.07) is 6.95. The quantitative estimate of drug-likeness (QED) is 0.608. The van der Waals surface area contributed by atoms with E-state index in [0.717, 1.165) is 10.9 Å². The fraction of sp³-hybridized carbons (Fsp3) is 0.438. The van der Waals surface area contributed by atoms with Gasteiger partial charge in [-0.25, -0.2) is 4.79 Å². The molecule has 0 saturated heterocycles. The van der Waals surface area contributed by atoms with E-state index in [4.69, 9.17) is 13.9 Å². The van der Waals surface area contributed by atoms with E-state index in [0.29, 0.717) is 17.8 Å². The predicted molar refractivity (Wildman–Crippen MR) is 86.5 cm³/mol. The standard InChI is InChI=1S/C16H19BrO4/c1-16(2,20-4)13(17)9-11-12(19-3)7-5-10-6-8-14(18)21-15(10)11/h5-8,13H,9H2,1-4H3. The van der Waals surface area contributed by atoms with Crippen LogP contribution < -0.4 is 10.4 Å². The molecule has 2 rings (SSSR count). The molecule has 0 aliphatic carbocycles. The Morgan fingerprint density at radius 2 is 1.90 bits per heavy atom. The van der Waals surface area contributed by atoms with Crippen molar-refractivity contribution in [2.75, 3.05) is 14.2 Å². The van der Waals surface area contributed by atoms with E-state index in [1.54, 1.807) is 20.3 Å². The first-order chi connectivity index (χ1) is 9.89. The molecule has 1 aromatic heterocycles. The average Bonchev–Trinajstić information content (AvgIpc) is 2.47. The molecule has 0 amide bonds. The molecule has 2 aromatic rings. The Bertz CT molecular complexity index is 690. The molecular weight excluding hydrogens is 336 g/mol. The topological polar surface area (TPSA) is 48.7 Å². The van der Waals surface area contributed by atoms with Crippen molar-refractivity contribution in [3.05, 3.63) is 40.2 Å². The third kappa shape index (κ3) is 3.30. The van der Waals surface area contributed by atoms with Crippen LogP contribution in [-0.2, 0) is 11.2 Å². The molecule has 4 nitrogen and oxygen atoms in total. The van der Waals surface area contributed by atoms with E-state index >= 15 is 0 Å². The first-order valence-corrected chi connectivity index (χ1v) is 7.59. The fourth-order valence-corrected chi connectivity index (χ4v) is 2.62. The maximum Gasteiger partial charge on any atom is 0.336 e. The van der Waals surface area contributed by atoms with Crippen molar-refractivity contribution in [1.82, 2.24) is 0 Å². The molecule has 0 radical (unpaired) electrons. The zero-order valence-electron chi connectivity index (χ0n) is 12.6. The maximum absolute atomic E-state index is 11.5. The molecule has 0 N–H and O–H groups in total. The van der Waals surface area contributed by atoms with E-state index in [2.05, 4.69) is 15.9 Å². The van der Waals surface area contributed by atoms with Crippen LogP contribution in [0.25, 0.3) is 11.0 Å². The zero-order chi connectivity index (χ0) is 15.6. The van der Waals surface area contributed by atoms with Crippen LogP contribution in [-0.4, -0.2) is 24.6 Å². The van der Waals surface area contributed by atoms with Crippen molar-refractivity contribution in [1.29, 1.82) is 0 Å². The molecule has 1 aromatic carbocycles. The lowest BCUT2D eigenvalue weighted by Gasteiger charge is -2.29. The van der Waals surface area contributed by atoms with Crippen LogP contribution in [0.4, 0.5) is 0 Å². The number of hydrogen-bond acceptors (Lipinski definition) is 4. The third-order valence-electron chi connectivity index (χ3n) is 3.73. The third-order valence-corrected chi connectivity index (χ3v) is 5.16. The second-order valence-electron chi connectivity index (χ2n) is 5.40. The second kappa shape index (κ2) is 6.20. The monoisotopic (exact) mass is 354 g/mol. The summed E-state index contributed by atoms with van der Waals surface area (Å²) in [4.78, 5) is 11.6.